The minimum absolute atomic E-state index is 0. The molecule has 2 heteroatoms. The van der Waals surface area contributed by atoms with E-state index in [2.05, 4.69) is 0 Å². The van der Waals surface area contributed by atoms with Crippen molar-refractivity contribution < 1.29 is 4.79 Å². The van der Waals surface area contributed by atoms with Crippen molar-refractivity contribution in [3.8, 4) is 0 Å². The zero-order valence-corrected chi connectivity index (χ0v) is 6.25. The summed E-state index contributed by atoms with van der Waals surface area (Å²) < 4.78 is 0. The van der Waals surface area contributed by atoms with E-state index >= 15 is 0 Å². The highest BCUT2D eigenvalue weighted by Gasteiger charge is 2.18. The molecule has 2 N–H and O–H groups in total. The molecule has 0 spiro atoms. The normalized spacial score (nSPS) is 30.6. The average molecular weight is 157 g/mol. The molecule has 0 aromatic heterocycles. The Morgan fingerprint density at radius 2 is 1.82 bits per heavy atom. The first-order valence-corrected chi connectivity index (χ1v) is 4.02. The van der Waals surface area contributed by atoms with E-state index in [-0.39, 0.29) is 7.43 Å². The molecule has 0 heterocycles. The summed E-state index contributed by atoms with van der Waals surface area (Å²) in [6.07, 6.45) is 5.52. The first-order chi connectivity index (χ1) is 4.86. The number of hydrogen-bond donors (Lipinski definition) is 1. The van der Waals surface area contributed by atoms with E-state index in [4.69, 9.17) is 5.73 Å². The standard InChI is InChI=1S/C8H15NO.CH4/c9-5-7-1-3-8(6-10)4-2-7;/h6-8H,1-5,9H2;1H4. The molecule has 66 valence electrons. The lowest BCUT2D eigenvalue weighted by atomic mass is 9.83. The summed E-state index contributed by atoms with van der Waals surface area (Å²) in [5.41, 5.74) is 5.50. The number of aldehydes is 1. The molecule has 1 rings (SSSR count). The zero-order valence-electron chi connectivity index (χ0n) is 6.25. The average Bonchev–Trinajstić information content (AvgIpc) is 2.05. The van der Waals surface area contributed by atoms with Gasteiger partial charge in [-0.05, 0) is 38.1 Å². The molecule has 0 unspecified atom stereocenters. The summed E-state index contributed by atoms with van der Waals surface area (Å²) >= 11 is 0. The molecule has 1 saturated carbocycles. The lowest BCUT2D eigenvalue weighted by Crippen LogP contribution is -2.21. The van der Waals surface area contributed by atoms with E-state index in [1.165, 1.54) is 0 Å². The van der Waals surface area contributed by atoms with E-state index < -0.39 is 0 Å². The second kappa shape index (κ2) is 5.30. The van der Waals surface area contributed by atoms with Crippen LogP contribution in [-0.2, 0) is 4.79 Å². The molecule has 0 aromatic carbocycles. The number of rotatable bonds is 2. The Hall–Kier alpha value is -0.370. The highest BCUT2D eigenvalue weighted by atomic mass is 16.1. The van der Waals surface area contributed by atoms with Crippen molar-refractivity contribution in [2.45, 2.75) is 33.1 Å². The Bertz CT molecular complexity index is 106. The van der Waals surface area contributed by atoms with Gasteiger partial charge in [-0.15, -0.1) is 0 Å². The fraction of sp³-hybridized carbons (Fsp3) is 0.889. The molecule has 0 bridgehead atoms. The summed E-state index contributed by atoms with van der Waals surface area (Å²) in [4.78, 5) is 10.3. The van der Waals surface area contributed by atoms with Gasteiger partial charge in [0.15, 0.2) is 0 Å². The molecule has 0 aliphatic heterocycles. The zero-order chi connectivity index (χ0) is 7.40. The van der Waals surface area contributed by atoms with Crippen LogP contribution in [-0.4, -0.2) is 12.8 Å². The maximum absolute atomic E-state index is 10.3. The molecule has 1 fully saturated rings. The van der Waals surface area contributed by atoms with Crippen molar-refractivity contribution in [1.82, 2.24) is 0 Å². The van der Waals surface area contributed by atoms with Crippen LogP contribution in [0.4, 0.5) is 0 Å². The van der Waals surface area contributed by atoms with E-state index in [0.29, 0.717) is 11.8 Å². The van der Waals surface area contributed by atoms with Crippen molar-refractivity contribution in [3.05, 3.63) is 0 Å². The van der Waals surface area contributed by atoms with Crippen LogP contribution in [0.3, 0.4) is 0 Å². The summed E-state index contributed by atoms with van der Waals surface area (Å²) in [7, 11) is 0. The molecule has 2 nitrogen and oxygen atoms in total. The third-order valence-electron chi connectivity index (χ3n) is 2.42. The molecule has 0 amide bonds. The van der Waals surface area contributed by atoms with Crippen molar-refractivity contribution in [2.75, 3.05) is 6.54 Å². The first-order valence-electron chi connectivity index (χ1n) is 4.02. The predicted molar refractivity (Wildman–Crippen MR) is 47.3 cm³/mol. The number of nitrogens with two attached hydrogens (primary N) is 1. The highest BCUT2D eigenvalue weighted by molar-refractivity contribution is 5.53. The fourth-order valence-electron chi connectivity index (χ4n) is 1.56. The quantitative estimate of drug-likeness (QED) is 0.618. The van der Waals surface area contributed by atoms with Crippen molar-refractivity contribution >= 4 is 6.29 Å². The molecule has 1 aliphatic rings. The second-order valence-corrected chi connectivity index (χ2v) is 3.15. The van der Waals surface area contributed by atoms with Crippen LogP contribution in [0.1, 0.15) is 33.1 Å². The lowest BCUT2D eigenvalue weighted by molar-refractivity contribution is -0.112. The van der Waals surface area contributed by atoms with Gasteiger partial charge < -0.3 is 10.5 Å². The SMILES string of the molecule is C.NCC1CCC(C=O)CC1. The summed E-state index contributed by atoms with van der Waals surface area (Å²) in [5.74, 6) is 1.03. The van der Waals surface area contributed by atoms with Crippen molar-refractivity contribution in [1.29, 1.82) is 0 Å². The Kier molecular flexibility index (Phi) is 5.12. The monoisotopic (exact) mass is 157 g/mol. The van der Waals surface area contributed by atoms with E-state index in [9.17, 15) is 4.79 Å². The van der Waals surface area contributed by atoms with Crippen LogP contribution in [0, 0.1) is 11.8 Å². The minimum Gasteiger partial charge on any atom is -0.330 e. The molecular formula is C9H19NO. The van der Waals surface area contributed by atoms with Gasteiger partial charge in [0.1, 0.15) is 6.29 Å². The Morgan fingerprint density at radius 3 is 2.18 bits per heavy atom. The highest BCUT2D eigenvalue weighted by Crippen LogP contribution is 2.26. The van der Waals surface area contributed by atoms with Crippen LogP contribution in [0.15, 0.2) is 0 Å². The van der Waals surface area contributed by atoms with Crippen LogP contribution in [0.2, 0.25) is 0 Å². The maximum Gasteiger partial charge on any atom is 0.123 e. The van der Waals surface area contributed by atoms with Gasteiger partial charge in [-0.2, -0.15) is 0 Å². The summed E-state index contributed by atoms with van der Waals surface area (Å²) in [6, 6.07) is 0. The topological polar surface area (TPSA) is 43.1 Å². The van der Waals surface area contributed by atoms with Crippen LogP contribution in [0.5, 0.6) is 0 Å². The van der Waals surface area contributed by atoms with Crippen molar-refractivity contribution in [2.24, 2.45) is 17.6 Å². The molecule has 0 atom stereocenters. The number of carbonyl (C=O) groups excluding carboxylic acids is 1. The van der Waals surface area contributed by atoms with Gasteiger partial charge in [-0.1, -0.05) is 7.43 Å². The minimum atomic E-state index is 0. The number of hydrogen-bond acceptors (Lipinski definition) is 2. The molecule has 0 aromatic rings. The molecule has 1 aliphatic carbocycles. The van der Waals surface area contributed by atoms with E-state index in [1.807, 2.05) is 0 Å². The smallest absolute Gasteiger partial charge is 0.123 e. The molecular weight excluding hydrogens is 138 g/mol. The number of carbonyl (C=O) groups is 1. The Morgan fingerprint density at radius 1 is 1.27 bits per heavy atom. The lowest BCUT2D eigenvalue weighted by Gasteiger charge is -2.23. The fourth-order valence-corrected chi connectivity index (χ4v) is 1.56. The van der Waals surface area contributed by atoms with Gasteiger partial charge >= 0.3 is 0 Å². The van der Waals surface area contributed by atoms with Crippen LogP contribution >= 0.6 is 0 Å². The van der Waals surface area contributed by atoms with Gasteiger partial charge in [0.25, 0.3) is 0 Å². The second-order valence-electron chi connectivity index (χ2n) is 3.15. The maximum atomic E-state index is 10.3. The third kappa shape index (κ3) is 3.02. The summed E-state index contributed by atoms with van der Waals surface area (Å²) in [6.45, 7) is 0.797. The van der Waals surface area contributed by atoms with Gasteiger partial charge in [-0.25, -0.2) is 0 Å². The van der Waals surface area contributed by atoms with Gasteiger partial charge in [0.05, 0.1) is 0 Å². The predicted octanol–water partition coefficient (Wildman–Crippen LogP) is 1.59. The largest absolute Gasteiger partial charge is 0.330 e. The Balaban J connectivity index is 0.000001000. The summed E-state index contributed by atoms with van der Waals surface area (Å²) in [5, 5.41) is 0. The van der Waals surface area contributed by atoms with E-state index in [1.54, 1.807) is 0 Å². The van der Waals surface area contributed by atoms with Gasteiger partial charge in [-0.3, -0.25) is 0 Å². The van der Waals surface area contributed by atoms with Crippen LogP contribution < -0.4 is 5.73 Å². The third-order valence-corrected chi connectivity index (χ3v) is 2.42. The van der Waals surface area contributed by atoms with Crippen LogP contribution in [0.25, 0.3) is 0 Å². The molecule has 0 saturated heterocycles. The van der Waals surface area contributed by atoms with E-state index in [0.717, 1.165) is 38.5 Å². The van der Waals surface area contributed by atoms with Gasteiger partial charge in [0.2, 0.25) is 0 Å². The molecule has 0 radical (unpaired) electrons. The van der Waals surface area contributed by atoms with Crippen molar-refractivity contribution in [3.63, 3.8) is 0 Å². The first kappa shape index (κ1) is 10.6. The van der Waals surface area contributed by atoms with Gasteiger partial charge in [0, 0.05) is 5.92 Å². The molecule has 11 heavy (non-hydrogen) atoms. The Labute approximate surface area is 69.2 Å².